The molecule has 1 N–H and O–H groups in total. The van der Waals surface area contributed by atoms with Gasteiger partial charge in [-0.25, -0.2) is 8.42 Å². The number of amides is 3. The van der Waals surface area contributed by atoms with E-state index in [4.69, 9.17) is 4.84 Å². The standard InChI is InChI=1S/C19H19N3O6S2/c1-21(28-2)30(26,27)16-5-3-4-14(10-16)18(24)20-15-8-6-13(7-9-15)11-22-17(23)12-29-19(22)25/h3-10H,11-12H2,1-2H3,(H,20,24). The Hall–Kier alpha value is -2.73. The topological polar surface area (TPSA) is 113 Å². The summed E-state index contributed by atoms with van der Waals surface area (Å²) < 4.78 is 25.4. The zero-order chi connectivity index (χ0) is 21.9. The fourth-order valence-electron chi connectivity index (χ4n) is 2.66. The highest BCUT2D eigenvalue weighted by molar-refractivity contribution is 8.14. The normalized spacial score (nSPS) is 14.4. The molecule has 0 spiro atoms. The Morgan fingerprint density at radius 3 is 2.50 bits per heavy atom. The molecule has 0 radical (unpaired) electrons. The molecular formula is C19H19N3O6S2. The molecule has 3 rings (SSSR count). The average Bonchev–Trinajstić information content (AvgIpc) is 3.06. The van der Waals surface area contributed by atoms with Crippen LogP contribution in [0.2, 0.25) is 0 Å². The van der Waals surface area contributed by atoms with Crippen LogP contribution in [0.15, 0.2) is 53.4 Å². The Bertz CT molecular complexity index is 1070. The lowest BCUT2D eigenvalue weighted by Gasteiger charge is -2.15. The van der Waals surface area contributed by atoms with Gasteiger partial charge in [0, 0.05) is 18.3 Å². The predicted molar refractivity (Wildman–Crippen MR) is 111 cm³/mol. The highest BCUT2D eigenvalue weighted by Crippen LogP contribution is 2.22. The largest absolute Gasteiger partial charge is 0.322 e. The molecule has 11 heteroatoms. The van der Waals surface area contributed by atoms with Gasteiger partial charge in [-0.2, -0.15) is 0 Å². The van der Waals surface area contributed by atoms with Crippen molar-refractivity contribution in [2.24, 2.45) is 0 Å². The number of benzene rings is 2. The van der Waals surface area contributed by atoms with Crippen molar-refractivity contribution in [3.05, 3.63) is 59.7 Å². The molecule has 2 aromatic rings. The summed E-state index contributed by atoms with van der Waals surface area (Å²) in [4.78, 5) is 41.7. The number of hydroxylamine groups is 1. The summed E-state index contributed by atoms with van der Waals surface area (Å²) in [6.07, 6.45) is 0. The summed E-state index contributed by atoms with van der Waals surface area (Å²) >= 11 is 0.975. The minimum atomic E-state index is -3.87. The van der Waals surface area contributed by atoms with E-state index in [1.807, 2.05) is 0 Å². The van der Waals surface area contributed by atoms with Gasteiger partial charge in [-0.1, -0.05) is 34.4 Å². The molecular weight excluding hydrogens is 430 g/mol. The van der Waals surface area contributed by atoms with Crippen LogP contribution in [0.1, 0.15) is 15.9 Å². The van der Waals surface area contributed by atoms with E-state index in [2.05, 4.69) is 5.32 Å². The molecule has 0 aromatic heterocycles. The molecule has 2 aromatic carbocycles. The number of thioether (sulfide) groups is 1. The van der Waals surface area contributed by atoms with Gasteiger partial charge < -0.3 is 5.32 Å². The molecule has 1 aliphatic rings. The second-order valence-corrected chi connectivity index (χ2v) is 9.17. The number of imide groups is 1. The Balaban J connectivity index is 1.70. The number of sulfonamides is 1. The van der Waals surface area contributed by atoms with Crippen LogP contribution in [-0.4, -0.2) is 54.8 Å². The van der Waals surface area contributed by atoms with E-state index < -0.39 is 15.9 Å². The molecule has 0 atom stereocenters. The maximum atomic E-state index is 12.5. The number of carbonyl (C=O) groups is 3. The molecule has 0 unspecified atom stereocenters. The summed E-state index contributed by atoms with van der Waals surface area (Å²) in [5, 5.41) is 2.42. The monoisotopic (exact) mass is 449 g/mol. The van der Waals surface area contributed by atoms with Crippen molar-refractivity contribution in [3.63, 3.8) is 0 Å². The smallest absolute Gasteiger partial charge is 0.289 e. The van der Waals surface area contributed by atoms with Crippen LogP contribution in [0.4, 0.5) is 10.5 Å². The lowest BCUT2D eigenvalue weighted by atomic mass is 10.1. The second-order valence-electron chi connectivity index (χ2n) is 6.31. The number of nitrogens with one attached hydrogen (secondary N) is 1. The average molecular weight is 450 g/mol. The van der Waals surface area contributed by atoms with Gasteiger partial charge in [-0.3, -0.25) is 24.1 Å². The first kappa shape index (κ1) is 22.0. The maximum Gasteiger partial charge on any atom is 0.289 e. The van der Waals surface area contributed by atoms with Crippen molar-refractivity contribution >= 4 is 44.5 Å². The Kier molecular flexibility index (Phi) is 6.56. The minimum Gasteiger partial charge on any atom is -0.322 e. The first-order chi connectivity index (χ1) is 14.2. The molecule has 0 saturated carbocycles. The molecule has 1 fully saturated rings. The van der Waals surface area contributed by atoms with E-state index in [1.165, 1.54) is 43.3 Å². The Morgan fingerprint density at radius 1 is 1.20 bits per heavy atom. The van der Waals surface area contributed by atoms with Gasteiger partial charge in [-0.05, 0) is 35.9 Å². The highest BCUT2D eigenvalue weighted by atomic mass is 32.2. The van der Waals surface area contributed by atoms with E-state index in [0.29, 0.717) is 10.2 Å². The summed E-state index contributed by atoms with van der Waals surface area (Å²) in [7, 11) is -1.39. The summed E-state index contributed by atoms with van der Waals surface area (Å²) in [5.41, 5.74) is 1.39. The van der Waals surface area contributed by atoms with Crippen LogP contribution in [0.5, 0.6) is 0 Å². The molecule has 3 amide bonds. The van der Waals surface area contributed by atoms with E-state index in [-0.39, 0.29) is 33.9 Å². The highest BCUT2D eigenvalue weighted by Gasteiger charge is 2.29. The zero-order valence-electron chi connectivity index (χ0n) is 16.2. The van der Waals surface area contributed by atoms with Gasteiger partial charge in [0.25, 0.3) is 21.2 Å². The van der Waals surface area contributed by atoms with Gasteiger partial charge in [0.15, 0.2) is 0 Å². The third-order valence-corrected chi connectivity index (χ3v) is 6.92. The number of anilines is 1. The third-order valence-electron chi connectivity index (χ3n) is 4.38. The van der Waals surface area contributed by atoms with Crippen molar-refractivity contribution in [2.45, 2.75) is 11.4 Å². The number of hydrogen-bond acceptors (Lipinski definition) is 7. The molecule has 1 aliphatic heterocycles. The number of carbonyl (C=O) groups excluding carboxylic acids is 3. The minimum absolute atomic E-state index is 0.0762. The quantitative estimate of drug-likeness (QED) is 0.646. The van der Waals surface area contributed by atoms with E-state index in [1.54, 1.807) is 24.3 Å². The van der Waals surface area contributed by atoms with Crippen molar-refractivity contribution in [3.8, 4) is 0 Å². The molecule has 1 saturated heterocycles. The van der Waals surface area contributed by atoms with E-state index in [0.717, 1.165) is 17.3 Å². The lowest BCUT2D eigenvalue weighted by Crippen LogP contribution is -2.27. The van der Waals surface area contributed by atoms with Gasteiger partial charge in [0.2, 0.25) is 5.91 Å². The fraction of sp³-hybridized carbons (Fsp3) is 0.211. The van der Waals surface area contributed by atoms with Crippen LogP contribution in [-0.2, 0) is 26.2 Å². The lowest BCUT2D eigenvalue weighted by molar-refractivity contribution is -0.125. The summed E-state index contributed by atoms with van der Waals surface area (Å²) in [5.74, 6) is -0.556. The van der Waals surface area contributed by atoms with Crippen molar-refractivity contribution in [1.29, 1.82) is 0 Å². The Morgan fingerprint density at radius 2 is 1.90 bits per heavy atom. The molecule has 9 nitrogen and oxygen atoms in total. The third kappa shape index (κ3) is 4.70. The number of rotatable bonds is 7. The van der Waals surface area contributed by atoms with Crippen LogP contribution in [0, 0.1) is 0 Å². The number of nitrogens with zero attached hydrogens (tertiary/aromatic N) is 2. The van der Waals surface area contributed by atoms with Gasteiger partial charge >= 0.3 is 0 Å². The summed E-state index contributed by atoms with van der Waals surface area (Å²) in [6, 6.07) is 12.3. The van der Waals surface area contributed by atoms with Crippen LogP contribution >= 0.6 is 11.8 Å². The van der Waals surface area contributed by atoms with Crippen molar-refractivity contribution in [1.82, 2.24) is 9.37 Å². The number of hydrogen-bond donors (Lipinski definition) is 1. The SMILES string of the molecule is CON(C)S(=O)(=O)c1cccc(C(=O)Nc2ccc(CN3C(=O)CSC3=O)cc2)c1. The van der Waals surface area contributed by atoms with Gasteiger partial charge in [-0.15, -0.1) is 0 Å². The van der Waals surface area contributed by atoms with Crippen LogP contribution in [0.3, 0.4) is 0 Å². The van der Waals surface area contributed by atoms with Crippen molar-refractivity contribution in [2.75, 3.05) is 25.2 Å². The predicted octanol–water partition coefficient (Wildman–Crippen LogP) is 2.32. The fourth-order valence-corrected chi connectivity index (χ4v) is 4.40. The van der Waals surface area contributed by atoms with Crippen LogP contribution in [0.25, 0.3) is 0 Å². The van der Waals surface area contributed by atoms with E-state index in [9.17, 15) is 22.8 Å². The first-order valence-corrected chi connectivity index (χ1v) is 11.2. The first-order valence-electron chi connectivity index (χ1n) is 8.73. The zero-order valence-corrected chi connectivity index (χ0v) is 17.8. The molecule has 0 bridgehead atoms. The summed E-state index contributed by atoms with van der Waals surface area (Å²) in [6.45, 7) is 0.172. The molecule has 0 aliphatic carbocycles. The van der Waals surface area contributed by atoms with Gasteiger partial charge in [0.1, 0.15) is 0 Å². The Labute approximate surface area is 178 Å². The van der Waals surface area contributed by atoms with Gasteiger partial charge in [0.05, 0.1) is 24.3 Å². The molecule has 1 heterocycles. The molecule has 30 heavy (non-hydrogen) atoms. The second kappa shape index (κ2) is 8.96. The van der Waals surface area contributed by atoms with E-state index >= 15 is 0 Å². The van der Waals surface area contributed by atoms with Crippen molar-refractivity contribution < 1.29 is 27.6 Å². The maximum absolute atomic E-state index is 12.5. The molecule has 158 valence electrons. The van der Waals surface area contributed by atoms with Crippen LogP contribution < -0.4 is 5.32 Å².